The lowest BCUT2D eigenvalue weighted by atomic mass is 10.1. The predicted molar refractivity (Wildman–Crippen MR) is 81.6 cm³/mol. The lowest BCUT2D eigenvalue weighted by Crippen LogP contribution is -2.37. The number of methoxy groups -OCH3 is 1. The number of thiocarbonyl (C=S) groups is 1. The van der Waals surface area contributed by atoms with Crippen molar-refractivity contribution in [3.63, 3.8) is 0 Å². The Bertz CT molecular complexity index is 448. The van der Waals surface area contributed by atoms with Crippen LogP contribution in [0.4, 0.5) is 0 Å². The van der Waals surface area contributed by atoms with Crippen LogP contribution < -0.4 is 5.73 Å². The molecule has 0 radical (unpaired) electrons. The van der Waals surface area contributed by atoms with E-state index in [0.29, 0.717) is 24.7 Å². The van der Waals surface area contributed by atoms with E-state index in [4.69, 9.17) is 27.8 Å². The molecular weight excluding hydrogens is 276 g/mol. The van der Waals surface area contributed by atoms with E-state index in [2.05, 4.69) is 0 Å². The highest BCUT2D eigenvalue weighted by molar-refractivity contribution is 7.80. The molecule has 1 aromatic carbocycles. The first-order valence-corrected chi connectivity index (χ1v) is 6.75. The van der Waals surface area contributed by atoms with Gasteiger partial charge in [0.25, 0.3) is 0 Å². The minimum Gasteiger partial charge on any atom is -0.395 e. The third-order valence-electron chi connectivity index (χ3n) is 2.88. The van der Waals surface area contributed by atoms with Gasteiger partial charge in [-0.1, -0.05) is 36.5 Å². The zero-order valence-corrected chi connectivity index (χ0v) is 12.4. The second kappa shape index (κ2) is 8.63. The van der Waals surface area contributed by atoms with Gasteiger partial charge in [-0.3, -0.25) is 4.79 Å². The Morgan fingerprint density at radius 1 is 1.35 bits per heavy atom. The number of nitrogens with zero attached hydrogens (tertiary/aromatic N) is 1. The molecule has 0 saturated carbocycles. The molecule has 0 heterocycles. The highest BCUT2D eigenvalue weighted by Crippen LogP contribution is 2.07. The monoisotopic (exact) mass is 296 g/mol. The number of aliphatic hydroxyl groups is 1. The molecule has 1 amide bonds. The van der Waals surface area contributed by atoms with Gasteiger partial charge in [0.1, 0.15) is 4.99 Å². The number of aliphatic hydroxyl groups excluding tert-OH is 1. The zero-order valence-electron chi connectivity index (χ0n) is 11.5. The van der Waals surface area contributed by atoms with Crippen LogP contribution in [0.5, 0.6) is 0 Å². The molecule has 0 aliphatic carbocycles. The van der Waals surface area contributed by atoms with Crippen molar-refractivity contribution in [2.45, 2.75) is 6.42 Å². The van der Waals surface area contributed by atoms with E-state index >= 15 is 0 Å². The summed E-state index contributed by atoms with van der Waals surface area (Å²) < 4.78 is 4.96. The first-order valence-electron chi connectivity index (χ1n) is 6.34. The van der Waals surface area contributed by atoms with E-state index in [0.717, 1.165) is 11.1 Å². The van der Waals surface area contributed by atoms with Gasteiger partial charge in [-0.05, 0) is 5.56 Å². The quantitative estimate of drug-likeness (QED) is 0.676. The maximum absolute atomic E-state index is 12.1. The lowest BCUT2D eigenvalue weighted by molar-refractivity contribution is -0.131. The average molecular weight is 296 g/mol. The van der Waals surface area contributed by atoms with Crippen LogP contribution in [0.15, 0.2) is 24.3 Å². The van der Waals surface area contributed by atoms with Gasteiger partial charge in [0.2, 0.25) is 5.91 Å². The summed E-state index contributed by atoms with van der Waals surface area (Å²) in [7, 11) is 1.58. The van der Waals surface area contributed by atoms with Gasteiger partial charge in [0, 0.05) is 25.8 Å². The zero-order chi connectivity index (χ0) is 15.0. The molecule has 20 heavy (non-hydrogen) atoms. The molecule has 0 unspecified atom stereocenters. The molecule has 0 aliphatic rings. The number of amides is 1. The van der Waals surface area contributed by atoms with Crippen molar-refractivity contribution in [3.05, 3.63) is 35.4 Å². The number of hydrogen-bond donors (Lipinski definition) is 2. The Morgan fingerprint density at radius 3 is 2.50 bits per heavy atom. The number of benzene rings is 1. The van der Waals surface area contributed by atoms with Gasteiger partial charge in [-0.15, -0.1) is 0 Å². The highest BCUT2D eigenvalue weighted by Gasteiger charge is 2.13. The second-order valence-corrected chi connectivity index (χ2v) is 4.77. The van der Waals surface area contributed by atoms with Gasteiger partial charge in [0.05, 0.1) is 19.6 Å². The van der Waals surface area contributed by atoms with Gasteiger partial charge in [-0.2, -0.15) is 0 Å². The molecule has 6 heteroatoms. The summed E-state index contributed by atoms with van der Waals surface area (Å²) in [6.45, 7) is 1.18. The van der Waals surface area contributed by atoms with Crippen molar-refractivity contribution >= 4 is 23.1 Å². The summed E-state index contributed by atoms with van der Waals surface area (Å²) in [5.41, 5.74) is 7.19. The van der Waals surface area contributed by atoms with E-state index < -0.39 is 0 Å². The van der Waals surface area contributed by atoms with Crippen LogP contribution in [0.25, 0.3) is 0 Å². The fourth-order valence-corrected chi connectivity index (χ4v) is 1.89. The maximum Gasteiger partial charge on any atom is 0.227 e. The molecule has 0 spiro atoms. The standard InChI is InChI=1S/C14H20N2O3S/c1-19-9-7-16(6-8-17)13(18)10-11-2-4-12(5-3-11)14(15)20/h2-5,17H,6-10H2,1H3,(H2,15,20). The van der Waals surface area contributed by atoms with Crippen LogP contribution >= 0.6 is 12.2 Å². The first kappa shape index (κ1) is 16.6. The van der Waals surface area contributed by atoms with Crippen molar-refractivity contribution in [3.8, 4) is 0 Å². The number of ether oxygens (including phenoxy) is 1. The summed E-state index contributed by atoms with van der Waals surface area (Å²) in [5.74, 6) is -0.0424. The third-order valence-corrected chi connectivity index (χ3v) is 3.12. The second-order valence-electron chi connectivity index (χ2n) is 4.34. The van der Waals surface area contributed by atoms with Gasteiger partial charge in [-0.25, -0.2) is 0 Å². The lowest BCUT2D eigenvalue weighted by Gasteiger charge is -2.21. The molecule has 1 aromatic rings. The largest absolute Gasteiger partial charge is 0.395 e. The molecular formula is C14H20N2O3S. The topological polar surface area (TPSA) is 75.8 Å². The van der Waals surface area contributed by atoms with Crippen LogP contribution in [0.2, 0.25) is 0 Å². The molecule has 3 N–H and O–H groups in total. The van der Waals surface area contributed by atoms with Crippen molar-refractivity contribution in [2.75, 3.05) is 33.4 Å². The summed E-state index contributed by atoms with van der Waals surface area (Å²) in [6.07, 6.45) is 0.279. The van der Waals surface area contributed by atoms with Crippen LogP contribution in [0, 0.1) is 0 Å². The fraction of sp³-hybridized carbons (Fsp3) is 0.429. The molecule has 110 valence electrons. The van der Waals surface area contributed by atoms with Crippen molar-refractivity contribution in [1.82, 2.24) is 4.90 Å². The van der Waals surface area contributed by atoms with Crippen LogP contribution in [-0.2, 0) is 16.0 Å². The van der Waals surface area contributed by atoms with E-state index in [1.165, 1.54) is 0 Å². The number of nitrogens with two attached hydrogens (primary N) is 1. The minimum atomic E-state index is -0.0597. The Hall–Kier alpha value is -1.50. The average Bonchev–Trinajstić information content (AvgIpc) is 2.43. The fourth-order valence-electron chi connectivity index (χ4n) is 1.76. The molecule has 0 aliphatic heterocycles. The Morgan fingerprint density at radius 2 is 2.00 bits per heavy atom. The SMILES string of the molecule is COCCN(CCO)C(=O)Cc1ccc(C(N)=S)cc1. The minimum absolute atomic E-state index is 0.0424. The molecule has 0 atom stereocenters. The van der Waals surface area contributed by atoms with Crippen molar-refractivity contribution in [2.24, 2.45) is 5.73 Å². The van der Waals surface area contributed by atoms with Crippen LogP contribution in [0.1, 0.15) is 11.1 Å². The van der Waals surface area contributed by atoms with E-state index in [-0.39, 0.29) is 18.9 Å². The van der Waals surface area contributed by atoms with Gasteiger partial charge in [0.15, 0.2) is 0 Å². The Labute approximate surface area is 124 Å². The van der Waals surface area contributed by atoms with Crippen molar-refractivity contribution < 1.29 is 14.6 Å². The Kier molecular flexibility index (Phi) is 7.14. The first-order chi connectivity index (χ1) is 9.58. The molecule has 0 aromatic heterocycles. The van der Waals surface area contributed by atoms with Crippen LogP contribution in [-0.4, -0.2) is 54.3 Å². The van der Waals surface area contributed by atoms with Gasteiger partial charge >= 0.3 is 0 Å². The molecule has 0 fully saturated rings. The number of rotatable bonds is 8. The number of carbonyl (C=O) groups excluding carboxylic acids is 1. The molecule has 0 bridgehead atoms. The van der Waals surface area contributed by atoms with E-state index in [1.807, 2.05) is 12.1 Å². The smallest absolute Gasteiger partial charge is 0.227 e. The van der Waals surface area contributed by atoms with Crippen LogP contribution in [0.3, 0.4) is 0 Å². The van der Waals surface area contributed by atoms with E-state index in [9.17, 15) is 4.79 Å². The number of hydrogen-bond acceptors (Lipinski definition) is 4. The third kappa shape index (κ3) is 5.24. The summed E-state index contributed by atoms with van der Waals surface area (Å²) in [6, 6.07) is 7.27. The van der Waals surface area contributed by atoms with Crippen molar-refractivity contribution in [1.29, 1.82) is 0 Å². The maximum atomic E-state index is 12.1. The Balaban J connectivity index is 2.64. The van der Waals surface area contributed by atoms with E-state index in [1.54, 1.807) is 24.1 Å². The predicted octanol–water partition coefficient (Wildman–Crippen LogP) is 0.331. The highest BCUT2D eigenvalue weighted by atomic mass is 32.1. The molecule has 0 saturated heterocycles. The molecule has 5 nitrogen and oxygen atoms in total. The summed E-state index contributed by atoms with van der Waals surface area (Å²) in [5, 5.41) is 8.99. The number of carbonyl (C=O) groups is 1. The van der Waals surface area contributed by atoms with Gasteiger partial charge < -0.3 is 20.5 Å². The normalized spacial score (nSPS) is 10.3. The summed E-state index contributed by atoms with van der Waals surface area (Å²) >= 11 is 4.88. The molecule has 1 rings (SSSR count). The summed E-state index contributed by atoms with van der Waals surface area (Å²) in [4.78, 5) is 14.1.